The Labute approximate surface area is 145 Å². The molecule has 1 N–H and O–H groups in total. The van der Waals surface area contributed by atoms with Crippen LogP contribution in [-0.2, 0) is 11.3 Å². The Hall–Kier alpha value is -2.18. The third-order valence-electron chi connectivity index (χ3n) is 3.77. The predicted molar refractivity (Wildman–Crippen MR) is 92.1 cm³/mol. The van der Waals surface area contributed by atoms with Crippen molar-refractivity contribution in [3.8, 4) is 0 Å². The number of benzene rings is 1. The predicted octanol–water partition coefficient (Wildman–Crippen LogP) is 2.60. The number of carbonyl (C=O) groups is 1. The first-order chi connectivity index (χ1) is 11.6. The van der Waals surface area contributed by atoms with Gasteiger partial charge in [-0.3, -0.25) is 4.79 Å². The molecule has 2 heterocycles. The van der Waals surface area contributed by atoms with Gasteiger partial charge in [0.25, 0.3) is 5.91 Å². The number of halogens is 1. The van der Waals surface area contributed by atoms with Gasteiger partial charge in [-0.25, -0.2) is 9.97 Å². The number of morpholine rings is 1. The number of rotatable bonds is 4. The Morgan fingerprint density at radius 2 is 2.21 bits per heavy atom. The molecule has 1 aliphatic rings. The maximum absolute atomic E-state index is 12.6. The van der Waals surface area contributed by atoms with Crippen molar-refractivity contribution in [1.82, 2.24) is 14.9 Å². The summed E-state index contributed by atoms with van der Waals surface area (Å²) in [7, 11) is 0. The first-order valence-electron chi connectivity index (χ1n) is 7.83. The summed E-state index contributed by atoms with van der Waals surface area (Å²) in [5.41, 5.74) is 1.67. The lowest BCUT2D eigenvalue weighted by Crippen LogP contribution is -2.44. The average Bonchev–Trinajstić information content (AvgIpc) is 2.61. The summed E-state index contributed by atoms with van der Waals surface area (Å²) in [5.74, 6) is 0.535. The fourth-order valence-electron chi connectivity index (χ4n) is 2.58. The Morgan fingerprint density at radius 3 is 2.96 bits per heavy atom. The van der Waals surface area contributed by atoms with Crippen LogP contribution in [0.4, 0.5) is 5.95 Å². The number of hydrogen-bond donors (Lipinski definition) is 1. The van der Waals surface area contributed by atoms with Crippen LogP contribution < -0.4 is 5.32 Å². The largest absolute Gasteiger partial charge is 0.375 e. The number of carbonyl (C=O) groups excluding carboxylic acids is 1. The SMILES string of the molecule is C[C@@H]1CN(C(=O)c2cccc(CNc3ncc(Cl)cn3)c2)CCO1. The van der Waals surface area contributed by atoms with Crippen LogP contribution >= 0.6 is 11.6 Å². The molecule has 0 bridgehead atoms. The average molecular weight is 347 g/mol. The summed E-state index contributed by atoms with van der Waals surface area (Å²) in [6.07, 6.45) is 3.15. The van der Waals surface area contributed by atoms with Crippen LogP contribution in [0.15, 0.2) is 36.7 Å². The molecule has 0 aliphatic carbocycles. The molecule has 24 heavy (non-hydrogen) atoms. The van der Waals surface area contributed by atoms with Crippen molar-refractivity contribution in [3.63, 3.8) is 0 Å². The molecule has 7 heteroatoms. The third kappa shape index (κ3) is 4.21. The Kier molecular flexibility index (Phi) is 5.27. The summed E-state index contributed by atoms with van der Waals surface area (Å²) in [4.78, 5) is 22.6. The second-order valence-corrected chi connectivity index (χ2v) is 6.15. The third-order valence-corrected chi connectivity index (χ3v) is 3.97. The number of nitrogens with one attached hydrogen (secondary N) is 1. The minimum absolute atomic E-state index is 0.0368. The van der Waals surface area contributed by atoms with Crippen LogP contribution in [0.1, 0.15) is 22.8 Å². The highest BCUT2D eigenvalue weighted by Crippen LogP contribution is 2.13. The summed E-state index contributed by atoms with van der Waals surface area (Å²) < 4.78 is 5.49. The van der Waals surface area contributed by atoms with Crippen LogP contribution in [-0.4, -0.2) is 46.6 Å². The van der Waals surface area contributed by atoms with Crippen LogP contribution in [0.5, 0.6) is 0 Å². The molecular weight excluding hydrogens is 328 g/mol. The standard InChI is InChI=1S/C17H19ClN4O2/c1-12-11-22(5-6-24-12)16(23)14-4-2-3-13(7-14)8-19-17-20-9-15(18)10-21-17/h2-4,7,9-10,12H,5-6,8,11H2,1H3,(H,19,20,21)/t12-/m1/s1. The molecule has 1 amide bonds. The molecule has 3 rings (SSSR count). The number of aromatic nitrogens is 2. The van der Waals surface area contributed by atoms with E-state index in [0.29, 0.717) is 42.8 Å². The zero-order valence-corrected chi connectivity index (χ0v) is 14.2. The van der Waals surface area contributed by atoms with Gasteiger partial charge in [-0.2, -0.15) is 0 Å². The van der Waals surface area contributed by atoms with Crippen LogP contribution in [0, 0.1) is 0 Å². The molecule has 1 fully saturated rings. The summed E-state index contributed by atoms with van der Waals surface area (Å²) in [6, 6.07) is 7.58. The van der Waals surface area contributed by atoms with Crippen molar-refractivity contribution >= 4 is 23.5 Å². The van der Waals surface area contributed by atoms with E-state index in [0.717, 1.165) is 5.56 Å². The van der Waals surface area contributed by atoms with Gasteiger partial charge in [0, 0.05) is 25.2 Å². The lowest BCUT2D eigenvalue weighted by Gasteiger charge is -2.31. The summed E-state index contributed by atoms with van der Waals surface area (Å²) in [5, 5.41) is 3.61. The quantitative estimate of drug-likeness (QED) is 0.921. The zero-order chi connectivity index (χ0) is 16.9. The van der Waals surface area contributed by atoms with Gasteiger partial charge in [-0.15, -0.1) is 0 Å². The maximum Gasteiger partial charge on any atom is 0.254 e. The second-order valence-electron chi connectivity index (χ2n) is 5.71. The molecule has 2 aromatic rings. The molecule has 0 spiro atoms. The number of nitrogens with zero attached hydrogens (tertiary/aromatic N) is 3. The number of amides is 1. The molecule has 0 unspecified atom stereocenters. The van der Waals surface area contributed by atoms with Gasteiger partial charge in [0.1, 0.15) is 0 Å². The highest BCUT2D eigenvalue weighted by Gasteiger charge is 2.22. The van der Waals surface area contributed by atoms with Crippen LogP contribution in [0.2, 0.25) is 5.02 Å². The fraction of sp³-hybridized carbons (Fsp3) is 0.353. The van der Waals surface area contributed by atoms with Crippen LogP contribution in [0.25, 0.3) is 0 Å². The first kappa shape index (κ1) is 16.7. The second kappa shape index (κ2) is 7.59. The fourth-order valence-corrected chi connectivity index (χ4v) is 2.68. The number of ether oxygens (including phenoxy) is 1. The van der Waals surface area contributed by atoms with Crippen molar-refractivity contribution in [1.29, 1.82) is 0 Å². The van der Waals surface area contributed by atoms with E-state index in [4.69, 9.17) is 16.3 Å². The van der Waals surface area contributed by atoms with Crippen molar-refractivity contribution in [3.05, 3.63) is 52.8 Å². The summed E-state index contributed by atoms with van der Waals surface area (Å²) >= 11 is 5.76. The molecule has 1 atom stereocenters. The molecule has 1 aromatic heterocycles. The molecule has 6 nitrogen and oxygen atoms in total. The lowest BCUT2D eigenvalue weighted by atomic mass is 10.1. The van der Waals surface area contributed by atoms with Crippen LogP contribution in [0.3, 0.4) is 0 Å². The lowest BCUT2D eigenvalue weighted by molar-refractivity contribution is -0.0124. The molecule has 0 radical (unpaired) electrons. The Morgan fingerprint density at radius 1 is 1.42 bits per heavy atom. The highest BCUT2D eigenvalue weighted by atomic mass is 35.5. The van der Waals surface area contributed by atoms with E-state index in [1.807, 2.05) is 36.1 Å². The van der Waals surface area contributed by atoms with Crippen molar-refractivity contribution in [2.75, 3.05) is 25.0 Å². The van der Waals surface area contributed by atoms with E-state index in [1.54, 1.807) is 0 Å². The highest BCUT2D eigenvalue weighted by molar-refractivity contribution is 6.30. The number of anilines is 1. The first-order valence-corrected chi connectivity index (χ1v) is 8.21. The van der Waals surface area contributed by atoms with Crippen molar-refractivity contribution in [2.45, 2.75) is 19.6 Å². The van der Waals surface area contributed by atoms with Gasteiger partial charge in [-0.1, -0.05) is 23.7 Å². The minimum Gasteiger partial charge on any atom is -0.375 e. The minimum atomic E-state index is 0.0368. The van der Waals surface area contributed by atoms with E-state index in [1.165, 1.54) is 12.4 Å². The maximum atomic E-state index is 12.6. The Bertz CT molecular complexity index is 708. The zero-order valence-electron chi connectivity index (χ0n) is 13.4. The van der Waals surface area contributed by atoms with Crippen molar-refractivity contribution < 1.29 is 9.53 Å². The van der Waals surface area contributed by atoms with Gasteiger partial charge in [0.2, 0.25) is 5.95 Å². The summed E-state index contributed by atoms with van der Waals surface area (Å²) in [6.45, 7) is 4.35. The smallest absolute Gasteiger partial charge is 0.254 e. The number of hydrogen-bond acceptors (Lipinski definition) is 5. The van der Waals surface area contributed by atoms with Gasteiger partial charge >= 0.3 is 0 Å². The van der Waals surface area contributed by atoms with Gasteiger partial charge in [-0.05, 0) is 24.6 Å². The molecular formula is C17H19ClN4O2. The van der Waals surface area contributed by atoms with Crippen molar-refractivity contribution in [2.24, 2.45) is 0 Å². The topological polar surface area (TPSA) is 67.4 Å². The van der Waals surface area contributed by atoms with Gasteiger partial charge < -0.3 is 15.0 Å². The van der Waals surface area contributed by atoms with Gasteiger partial charge in [0.05, 0.1) is 30.1 Å². The molecule has 1 aliphatic heterocycles. The van der Waals surface area contributed by atoms with E-state index in [9.17, 15) is 4.79 Å². The monoisotopic (exact) mass is 346 g/mol. The van der Waals surface area contributed by atoms with E-state index < -0.39 is 0 Å². The Balaban J connectivity index is 1.65. The molecule has 1 saturated heterocycles. The van der Waals surface area contributed by atoms with E-state index >= 15 is 0 Å². The van der Waals surface area contributed by atoms with Gasteiger partial charge in [0.15, 0.2) is 0 Å². The molecule has 0 saturated carbocycles. The normalized spacial score (nSPS) is 17.6. The van der Waals surface area contributed by atoms with E-state index in [2.05, 4.69) is 15.3 Å². The molecule has 126 valence electrons. The molecule has 1 aromatic carbocycles. The van der Waals surface area contributed by atoms with E-state index in [-0.39, 0.29) is 12.0 Å².